The van der Waals surface area contributed by atoms with Crippen LogP contribution in [0.3, 0.4) is 0 Å². The van der Waals surface area contributed by atoms with E-state index in [1.54, 1.807) is 0 Å². The Labute approximate surface area is 116 Å². The number of H-pyrrole nitrogens is 2. The Bertz CT molecular complexity index is 997. The average Bonchev–Trinajstić information content (AvgIpc) is 2.78. The third kappa shape index (κ3) is 1.47. The first kappa shape index (κ1) is 10.8. The van der Waals surface area contributed by atoms with Crippen LogP contribution in [-0.4, -0.2) is 9.97 Å². The van der Waals surface area contributed by atoms with Crippen molar-refractivity contribution in [2.45, 2.75) is 0 Å². The second-order valence-corrected chi connectivity index (χ2v) is 5.48. The molecule has 3 nitrogen and oxygen atoms in total. The summed E-state index contributed by atoms with van der Waals surface area (Å²) in [6.45, 7) is 0. The van der Waals surface area contributed by atoms with Crippen molar-refractivity contribution in [2.24, 2.45) is 0 Å². The number of hydrogen-bond donors (Lipinski definition) is 2. The molecule has 2 aromatic carbocycles. The van der Waals surface area contributed by atoms with E-state index in [0.29, 0.717) is 5.52 Å². The minimum Gasteiger partial charge on any atom is -0.350 e. The van der Waals surface area contributed by atoms with Gasteiger partial charge in [0.1, 0.15) is 5.52 Å². The molecule has 0 aliphatic carbocycles. The summed E-state index contributed by atoms with van der Waals surface area (Å²) >= 11 is 3.49. The van der Waals surface area contributed by atoms with Crippen molar-refractivity contribution in [2.75, 3.05) is 0 Å². The molecule has 4 heteroatoms. The zero-order valence-electron chi connectivity index (χ0n) is 9.83. The van der Waals surface area contributed by atoms with Crippen LogP contribution in [0.25, 0.3) is 32.7 Å². The first-order valence-corrected chi connectivity index (χ1v) is 6.75. The van der Waals surface area contributed by atoms with E-state index in [1.807, 2.05) is 42.5 Å². The summed E-state index contributed by atoms with van der Waals surface area (Å²) in [5.74, 6) is 0. The van der Waals surface area contributed by atoms with Crippen LogP contribution < -0.4 is 5.56 Å². The van der Waals surface area contributed by atoms with Crippen molar-refractivity contribution < 1.29 is 0 Å². The van der Waals surface area contributed by atoms with Crippen molar-refractivity contribution >= 4 is 48.6 Å². The number of rotatable bonds is 0. The molecule has 2 heterocycles. The predicted octanol–water partition coefficient (Wildman–Crippen LogP) is 3.93. The second-order valence-electron chi connectivity index (χ2n) is 4.56. The predicted molar refractivity (Wildman–Crippen MR) is 81.6 cm³/mol. The molecule has 0 fully saturated rings. The molecule has 0 saturated carbocycles. The Kier molecular flexibility index (Phi) is 2.11. The minimum absolute atomic E-state index is 0.0824. The van der Waals surface area contributed by atoms with Crippen LogP contribution in [0.4, 0.5) is 0 Å². The molecule has 0 amide bonds. The maximum absolute atomic E-state index is 12.1. The molecule has 0 bridgehead atoms. The Morgan fingerprint density at radius 3 is 2.58 bits per heavy atom. The zero-order chi connectivity index (χ0) is 13.0. The van der Waals surface area contributed by atoms with Gasteiger partial charge in [-0.3, -0.25) is 4.79 Å². The highest BCUT2D eigenvalue weighted by Crippen LogP contribution is 2.30. The lowest BCUT2D eigenvalue weighted by Gasteiger charge is -1.99. The molecule has 0 atom stereocenters. The highest BCUT2D eigenvalue weighted by atomic mass is 79.9. The molecule has 4 rings (SSSR count). The van der Waals surface area contributed by atoms with Gasteiger partial charge in [-0.2, -0.15) is 0 Å². The number of para-hydroxylation sites is 1. The SMILES string of the molecule is O=c1[nH]c2ccccc2c2c1[nH]c1ccc(Br)cc12. The lowest BCUT2D eigenvalue weighted by Crippen LogP contribution is -2.05. The number of aromatic nitrogens is 2. The van der Waals surface area contributed by atoms with Gasteiger partial charge in [0.15, 0.2) is 0 Å². The molecule has 0 saturated heterocycles. The molecule has 0 unspecified atom stereocenters. The van der Waals surface area contributed by atoms with Gasteiger partial charge in [0.25, 0.3) is 5.56 Å². The Hall–Kier alpha value is -2.07. The number of nitrogens with one attached hydrogen (secondary N) is 2. The Balaban J connectivity index is 2.42. The number of aromatic amines is 2. The van der Waals surface area contributed by atoms with Gasteiger partial charge >= 0.3 is 0 Å². The summed E-state index contributed by atoms with van der Waals surface area (Å²) in [6, 6.07) is 13.8. The first-order chi connectivity index (χ1) is 9.24. The van der Waals surface area contributed by atoms with Crippen LogP contribution in [0.5, 0.6) is 0 Å². The largest absolute Gasteiger partial charge is 0.350 e. The van der Waals surface area contributed by atoms with Gasteiger partial charge < -0.3 is 9.97 Å². The van der Waals surface area contributed by atoms with E-state index < -0.39 is 0 Å². The maximum atomic E-state index is 12.1. The van der Waals surface area contributed by atoms with Gasteiger partial charge in [-0.25, -0.2) is 0 Å². The Morgan fingerprint density at radius 1 is 0.895 bits per heavy atom. The summed E-state index contributed by atoms with van der Waals surface area (Å²) in [6.07, 6.45) is 0. The molecule has 2 aromatic heterocycles. The third-order valence-electron chi connectivity index (χ3n) is 3.43. The lowest BCUT2D eigenvalue weighted by molar-refractivity contribution is 1.32. The van der Waals surface area contributed by atoms with E-state index in [-0.39, 0.29) is 5.56 Å². The number of halogens is 1. The van der Waals surface area contributed by atoms with E-state index in [1.165, 1.54) is 0 Å². The molecule has 19 heavy (non-hydrogen) atoms. The molecule has 92 valence electrons. The molecular weight excluding hydrogens is 304 g/mol. The summed E-state index contributed by atoms with van der Waals surface area (Å²) in [5, 5.41) is 3.10. The summed E-state index contributed by atoms with van der Waals surface area (Å²) in [4.78, 5) is 18.3. The van der Waals surface area contributed by atoms with E-state index >= 15 is 0 Å². The third-order valence-corrected chi connectivity index (χ3v) is 3.93. The van der Waals surface area contributed by atoms with E-state index in [0.717, 1.165) is 31.7 Å². The topological polar surface area (TPSA) is 48.6 Å². The summed E-state index contributed by atoms with van der Waals surface area (Å²) in [5.41, 5.74) is 2.38. The first-order valence-electron chi connectivity index (χ1n) is 5.96. The number of pyridine rings is 1. The van der Waals surface area contributed by atoms with E-state index in [4.69, 9.17) is 0 Å². The quantitative estimate of drug-likeness (QED) is 0.508. The van der Waals surface area contributed by atoms with Gasteiger partial charge in [-0.1, -0.05) is 34.1 Å². The molecule has 2 N–H and O–H groups in total. The van der Waals surface area contributed by atoms with Crippen molar-refractivity contribution in [1.82, 2.24) is 9.97 Å². The van der Waals surface area contributed by atoms with Crippen molar-refractivity contribution in [1.29, 1.82) is 0 Å². The standard InChI is InChI=1S/C15H9BrN2O/c16-8-5-6-12-10(7-8)13-9-3-1-2-4-11(9)18-15(19)14(13)17-12/h1-7,17H,(H,18,19). The fraction of sp³-hybridized carbons (Fsp3) is 0. The Morgan fingerprint density at radius 2 is 1.68 bits per heavy atom. The van der Waals surface area contributed by atoms with Gasteiger partial charge in [0, 0.05) is 31.7 Å². The van der Waals surface area contributed by atoms with Gasteiger partial charge in [0.05, 0.1) is 0 Å². The number of benzene rings is 2. The van der Waals surface area contributed by atoms with Crippen molar-refractivity contribution in [3.63, 3.8) is 0 Å². The smallest absolute Gasteiger partial charge is 0.272 e. The normalized spacial score (nSPS) is 11.6. The monoisotopic (exact) mass is 312 g/mol. The van der Waals surface area contributed by atoms with Crippen LogP contribution in [0, 0.1) is 0 Å². The highest BCUT2D eigenvalue weighted by Gasteiger charge is 2.11. The zero-order valence-corrected chi connectivity index (χ0v) is 11.4. The van der Waals surface area contributed by atoms with E-state index in [2.05, 4.69) is 25.9 Å². The van der Waals surface area contributed by atoms with Crippen LogP contribution in [0.1, 0.15) is 0 Å². The maximum Gasteiger partial charge on any atom is 0.272 e. The fourth-order valence-electron chi connectivity index (χ4n) is 2.61. The second kappa shape index (κ2) is 3.71. The molecule has 0 aliphatic rings. The van der Waals surface area contributed by atoms with Crippen molar-refractivity contribution in [3.05, 3.63) is 57.3 Å². The number of fused-ring (bicyclic) bond motifs is 5. The summed E-state index contributed by atoms with van der Waals surface area (Å²) in [7, 11) is 0. The molecule has 4 aromatic rings. The van der Waals surface area contributed by atoms with Crippen LogP contribution in [-0.2, 0) is 0 Å². The fourth-order valence-corrected chi connectivity index (χ4v) is 2.97. The minimum atomic E-state index is -0.0824. The van der Waals surface area contributed by atoms with Gasteiger partial charge in [0.2, 0.25) is 0 Å². The van der Waals surface area contributed by atoms with Crippen LogP contribution >= 0.6 is 15.9 Å². The molecule has 0 spiro atoms. The van der Waals surface area contributed by atoms with Gasteiger partial charge in [-0.15, -0.1) is 0 Å². The number of hydrogen-bond acceptors (Lipinski definition) is 1. The lowest BCUT2D eigenvalue weighted by atomic mass is 10.1. The van der Waals surface area contributed by atoms with Gasteiger partial charge in [-0.05, 0) is 24.3 Å². The van der Waals surface area contributed by atoms with Crippen LogP contribution in [0.2, 0.25) is 0 Å². The van der Waals surface area contributed by atoms with E-state index in [9.17, 15) is 4.79 Å². The van der Waals surface area contributed by atoms with Crippen molar-refractivity contribution in [3.8, 4) is 0 Å². The molecular formula is C15H9BrN2O. The molecule has 0 radical (unpaired) electrons. The average molecular weight is 313 g/mol. The van der Waals surface area contributed by atoms with Crippen LogP contribution in [0.15, 0.2) is 51.7 Å². The molecule has 0 aliphatic heterocycles. The highest BCUT2D eigenvalue weighted by molar-refractivity contribution is 9.10. The summed E-state index contributed by atoms with van der Waals surface area (Å²) < 4.78 is 1.00.